The smallest absolute Gasteiger partial charge is 0.413 e. The molecule has 1 amide bonds. The Bertz CT molecular complexity index is 1570. The molecule has 0 bridgehead atoms. The van der Waals surface area contributed by atoms with E-state index < -0.39 is 23.6 Å². The standard InChI is InChI=1S/C26H22ClN3O4S2/c1-14-21-20(36-22(14)26(10-11-26)24(31)32)12-17(35-21)9-8-16-13-28-30(3)23(16)29-25(33)34-15(2)18-6-4-5-7-19(18)27/h4-7,12-13,15H,10-11H2,1-3H3,(H,29,33)(H,31,32). The van der Waals surface area contributed by atoms with E-state index in [1.54, 1.807) is 48.9 Å². The summed E-state index contributed by atoms with van der Waals surface area (Å²) in [6.45, 7) is 3.74. The van der Waals surface area contributed by atoms with Crippen molar-refractivity contribution in [3.05, 3.63) is 68.0 Å². The van der Waals surface area contributed by atoms with E-state index >= 15 is 0 Å². The third-order valence-corrected chi connectivity index (χ3v) is 9.38. The molecule has 7 nitrogen and oxygen atoms in total. The molecule has 10 heteroatoms. The van der Waals surface area contributed by atoms with Crippen LogP contribution in [0.25, 0.3) is 9.40 Å². The lowest BCUT2D eigenvalue weighted by molar-refractivity contribution is -0.139. The molecule has 0 aliphatic heterocycles. The summed E-state index contributed by atoms with van der Waals surface area (Å²) in [5.41, 5.74) is 1.60. The van der Waals surface area contributed by atoms with Crippen LogP contribution >= 0.6 is 34.3 Å². The first kappa shape index (κ1) is 24.4. The van der Waals surface area contributed by atoms with Crippen molar-refractivity contribution in [1.82, 2.24) is 9.78 Å². The number of anilines is 1. The number of nitrogens with one attached hydrogen (secondary N) is 1. The number of benzene rings is 1. The van der Waals surface area contributed by atoms with Crippen LogP contribution in [0.3, 0.4) is 0 Å². The largest absolute Gasteiger partial charge is 0.481 e. The highest BCUT2D eigenvalue weighted by molar-refractivity contribution is 7.28. The summed E-state index contributed by atoms with van der Waals surface area (Å²) in [6, 6.07) is 9.20. The molecule has 0 radical (unpaired) electrons. The molecule has 1 atom stereocenters. The Morgan fingerprint density at radius 2 is 2.03 bits per heavy atom. The van der Waals surface area contributed by atoms with Crippen molar-refractivity contribution in [2.45, 2.75) is 38.2 Å². The topological polar surface area (TPSA) is 93.5 Å². The van der Waals surface area contributed by atoms with Crippen LogP contribution in [0.2, 0.25) is 5.02 Å². The lowest BCUT2D eigenvalue weighted by Gasteiger charge is -2.15. The molecule has 3 heterocycles. The molecule has 2 N–H and O–H groups in total. The predicted molar refractivity (Wildman–Crippen MR) is 142 cm³/mol. The predicted octanol–water partition coefficient (Wildman–Crippen LogP) is 6.48. The van der Waals surface area contributed by atoms with E-state index in [0.717, 1.165) is 24.7 Å². The van der Waals surface area contributed by atoms with Crippen molar-refractivity contribution in [3.8, 4) is 11.8 Å². The van der Waals surface area contributed by atoms with E-state index in [0.29, 0.717) is 34.8 Å². The Labute approximate surface area is 220 Å². The van der Waals surface area contributed by atoms with E-state index in [9.17, 15) is 14.7 Å². The van der Waals surface area contributed by atoms with Crippen molar-refractivity contribution in [2.24, 2.45) is 7.05 Å². The quantitative estimate of drug-likeness (QED) is 0.283. The number of thiophene rings is 2. The van der Waals surface area contributed by atoms with Gasteiger partial charge in [-0.3, -0.25) is 14.8 Å². The molecule has 5 rings (SSSR count). The number of halogens is 1. The van der Waals surface area contributed by atoms with Gasteiger partial charge in [0, 0.05) is 31.9 Å². The lowest BCUT2D eigenvalue weighted by Crippen LogP contribution is -2.18. The third-order valence-electron chi connectivity index (χ3n) is 6.29. The minimum atomic E-state index is -0.740. The van der Waals surface area contributed by atoms with Crippen LogP contribution in [-0.4, -0.2) is 26.9 Å². The summed E-state index contributed by atoms with van der Waals surface area (Å²) >= 11 is 9.30. The number of aromatic nitrogens is 2. The number of aryl methyl sites for hydroxylation is 2. The maximum absolute atomic E-state index is 12.6. The zero-order valence-electron chi connectivity index (χ0n) is 19.7. The van der Waals surface area contributed by atoms with Gasteiger partial charge in [-0.05, 0) is 44.4 Å². The third kappa shape index (κ3) is 4.37. The lowest BCUT2D eigenvalue weighted by atomic mass is 10.0. The highest BCUT2D eigenvalue weighted by Gasteiger charge is 2.54. The molecule has 0 spiro atoms. The number of carboxylic acid groups (broad SMARTS) is 1. The van der Waals surface area contributed by atoms with Crippen molar-refractivity contribution in [2.75, 3.05) is 5.32 Å². The number of carbonyl (C=O) groups excluding carboxylic acids is 1. The number of amides is 1. The molecule has 184 valence electrons. The van der Waals surface area contributed by atoms with Gasteiger partial charge in [0.1, 0.15) is 17.3 Å². The van der Waals surface area contributed by atoms with Gasteiger partial charge in [0.25, 0.3) is 0 Å². The molecule has 4 aromatic rings. The van der Waals surface area contributed by atoms with Gasteiger partial charge in [-0.2, -0.15) is 5.10 Å². The highest BCUT2D eigenvalue weighted by Crippen LogP contribution is 2.54. The van der Waals surface area contributed by atoms with Gasteiger partial charge in [0.15, 0.2) is 0 Å². The molecular weight excluding hydrogens is 518 g/mol. The number of ether oxygens (including phenoxy) is 1. The van der Waals surface area contributed by atoms with Crippen LogP contribution in [0.15, 0.2) is 36.5 Å². The maximum Gasteiger partial charge on any atom is 0.413 e. The van der Waals surface area contributed by atoms with Crippen LogP contribution in [0, 0.1) is 18.8 Å². The van der Waals surface area contributed by atoms with Gasteiger partial charge in [-0.25, -0.2) is 4.79 Å². The summed E-state index contributed by atoms with van der Waals surface area (Å²) in [6.07, 6.45) is 1.80. The second-order valence-corrected chi connectivity index (χ2v) is 11.2. The van der Waals surface area contributed by atoms with Gasteiger partial charge in [-0.15, -0.1) is 22.7 Å². The summed E-state index contributed by atoms with van der Waals surface area (Å²) in [7, 11) is 1.71. The molecule has 1 unspecified atom stereocenters. The van der Waals surface area contributed by atoms with Crippen LogP contribution in [0.4, 0.5) is 10.6 Å². The zero-order valence-corrected chi connectivity index (χ0v) is 22.1. The van der Waals surface area contributed by atoms with Crippen molar-refractivity contribution in [1.29, 1.82) is 0 Å². The van der Waals surface area contributed by atoms with Crippen LogP contribution < -0.4 is 5.32 Å². The SMILES string of the molecule is Cc1c(C2(C(=O)O)CC2)sc2cc(C#Cc3cnn(C)c3NC(=O)OC(C)c3ccccc3Cl)sc12. The van der Waals surface area contributed by atoms with E-state index in [1.807, 2.05) is 31.2 Å². The van der Waals surface area contributed by atoms with Gasteiger partial charge < -0.3 is 9.84 Å². The second-order valence-electron chi connectivity index (χ2n) is 8.72. The van der Waals surface area contributed by atoms with Crippen molar-refractivity contribution in [3.63, 3.8) is 0 Å². The van der Waals surface area contributed by atoms with Crippen LogP contribution in [-0.2, 0) is 22.0 Å². The molecule has 36 heavy (non-hydrogen) atoms. The van der Waals surface area contributed by atoms with Crippen molar-refractivity contribution >= 4 is 61.6 Å². The number of nitrogens with zero attached hydrogens (tertiary/aromatic N) is 2. The molecule has 0 saturated heterocycles. The van der Waals surface area contributed by atoms with Gasteiger partial charge in [0.05, 0.1) is 16.6 Å². The molecule has 1 aromatic carbocycles. The number of hydrogen-bond donors (Lipinski definition) is 2. The number of fused-ring (bicyclic) bond motifs is 1. The maximum atomic E-state index is 12.6. The van der Waals surface area contributed by atoms with Crippen LogP contribution in [0.5, 0.6) is 0 Å². The Balaban J connectivity index is 1.33. The average molecular weight is 540 g/mol. The Morgan fingerprint density at radius 1 is 1.28 bits per heavy atom. The second kappa shape index (κ2) is 9.28. The van der Waals surface area contributed by atoms with Gasteiger partial charge in [0.2, 0.25) is 0 Å². The number of carbonyl (C=O) groups is 2. The fourth-order valence-corrected chi connectivity index (χ4v) is 7.12. The van der Waals surface area contributed by atoms with E-state index in [2.05, 4.69) is 22.3 Å². The van der Waals surface area contributed by atoms with E-state index in [1.165, 1.54) is 4.68 Å². The van der Waals surface area contributed by atoms with Gasteiger partial charge in [-0.1, -0.05) is 41.6 Å². The zero-order chi connectivity index (χ0) is 25.6. The first-order valence-electron chi connectivity index (χ1n) is 11.2. The number of aliphatic carboxylic acids is 1. The fraction of sp³-hybridized carbons (Fsp3) is 0.269. The molecule has 1 aliphatic rings. The summed E-state index contributed by atoms with van der Waals surface area (Å²) in [5.74, 6) is 5.93. The van der Waals surface area contributed by atoms with Gasteiger partial charge >= 0.3 is 12.1 Å². The fourth-order valence-electron chi connectivity index (χ4n) is 4.14. The van der Waals surface area contributed by atoms with E-state index in [-0.39, 0.29) is 0 Å². The van der Waals surface area contributed by atoms with E-state index in [4.69, 9.17) is 16.3 Å². The summed E-state index contributed by atoms with van der Waals surface area (Å²) < 4.78 is 9.15. The highest BCUT2D eigenvalue weighted by atomic mass is 35.5. The first-order chi connectivity index (χ1) is 17.2. The first-order valence-corrected chi connectivity index (χ1v) is 13.2. The summed E-state index contributed by atoms with van der Waals surface area (Å²) in [5, 5.41) is 17.1. The molecule has 1 fully saturated rings. The minimum absolute atomic E-state index is 0.424. The molecule has 1 aliphatic carbocycles. The van der Waals surface area contributed by atoms with Crippen molar-refractivity contribution < 1.29 is 19.4 Å². The average Bonchev–Trinajstić information content (AvgIpc) is 3.32. The number of hydrogen-bond acceptors (Lipinski definition) is 6. The normalized spacial score (nSPS) is 14.7. The molecule has 1 saturated carbocycles. The Hall–Kier alpha value is -3.32. The Kier molecular flexibility index (Phi) is 6.29. The monoisotopic (exact) mass is 539 g/mol. The Morgan fingerprint density at radius 3 is 2.69 bits per heavy atom. The summed E-state index contributed by atoms with van der Waals surface area (Å²) in [4.78, 5) is 26.1. The minimum Gasteiger partial charge on any atom is -0.481 e. The number of rotatable bonds is 5. The van der Waals surface area contributed by atoms with Crippen LogP contribution in [0.1, 0.15) is 52.3 Å². The molecule has 3 aromatic heterocycles. The molecular formula is C26H22ClN3O4S2. The number of carboxylic acids is 1.